The van der Waals surface area contributed by atoms with E-state index in [2.05, 4.69) is 37.8 Å². The molecule has 3 heteroatoms. The van der Waals surface area contributed by atoms with Gasteiger partial charge in [-0.2, -0.15) is 0 Å². The van der Waals surface area contributed by atoms with Crippen molar-refractivity contribution in [2.24, 2.45) is 0 Å². The highest BCUT2D eigenvalue weighted by atomic mass is 16.5. The van der Waals surface area contributed by atoms with Crippen molar-refractivity contribution in [3.63, 3.8) is 0 Å². The van der Waals surface area contributed by atoms with Crippen LogP contribution in [0.4, 0.5) is 5.69 Å². The Hall–Kier alpha value is -1.38. The first-order chi connectivity index (χ1) is 10.8. The maximum atomic E-state index is 5.89. The third-order valence-electron chi connectivity index (χ3n) is 4.03. The molecule has 0 fully saturated rings. The maximum Gasteiger partial charge on any atom is 0.162 e. The summed E-state index contributed by atoms with van der Waals surface area (Å²) in [6.45, 7) is 9.34. The van der Waals surface area contributed by atoms with Gasteiger partial charge in [0.1, 0.15) is 0 Å². The summed E-state index contributed by atoms with van der Waals surface area (Å²) in [6.07, 6.45) is 7.67. The van der Waals surface area contributed by atoms with Crippen LogP contribution in [0.25, 0.3) is 0 Å². The Morgan fingerprint density at radius 1 is 0.864 bits per heavy atom. The van der Waals surface area contributed by atoms with Gasteiger partial charge in [0.05, 0.1) is 13.7 Å². The molecule has 0 radical (unpaired) electrons. The molecule has 0 saturated heterocycles. The zero-order chi connectivity index (χ0) is 16.2. The molecule has 0 aliphatic heterocycles. The number of nitrogens with zero attached hydrogens (tertiary/aromatic N) is 1. The number of benzene rings is 1. The number of unbranched alkanes of at least 4 members (excludes halogenated alkanes) is 5. The average Bonchev–Trinajstić information content (AvgIpc) is 2.55. The molecule has 0 saturated carbocycles. The molecule has 126 valence electrons. The number of hydrogen-bond acceptors (Lipinski definition) is 3. The van der Waals surface area contributed by atoms with Crippen LogP contribution in [-0.2, 0) is 0 Å². The summed E-state index contributed by atoms with van der Waals surface area (Å²) in [5.41, 5.74) is 1.19. The Labute approximate surface area is 136 Å². The molecule has 0 aliphatic carbocycles. The molecule has 0 aromatic heterocycles. The Bertz CT molecular complexity index is 402. The SMILES string of the molecule is CCCCCCCCOc1ccc(N(CC)CC)cc1OC. The zero-order valence-corrected chi connectivity index (χ0v) is 14.9. The van der Waals surface area contributed by atoms with Crippen molar-refractivity contribution in [3.8, 4) is 11.5 Å². The van der Waals surface area contributed by atoms with Gasteiger partial charge < -0.3 is 14.4 Å². The Kier molecular flexibility index (Phi) is 9.52. The maximum absolute atomic E-state index is 5.89. The first-order valence-corrected chi connectivity index (χ1v) is 8.82. The Morgan fingerprint density at radius 2 is 1.55 bits per heavy atom. The predicted octanol–water partition coefficient (Wildman–Crippen LogP) is 5.28. The van der Waals surface area contributed by atoms with Gasteiger partial charge in [-0.25, -0.2) is 0 Å². The fourth-order valence-corrected chi connectivity index (χ4v) is 2.63. The highest BCUT2D eigenvalue weighted by Crippen LogP contribution is 2.32. The van der Waals surface area contributed by atoms with Gasteiger partial charge in [-0.3, -0.25) is 0 Å². The molecule has 0 heterocycles. The third kappa shape index (κ3) is 6.17. The van der Waals surface area contributed by atoms with Gasteiger partial charge in [0.15, 0.2) is 11.5 Å². The molecule has 0 bridgehead atoms. The Morgan fingerprint density at radius 3 is 2.18 bits per heavy atom. The van der Waals surface area contributed by atoms with Crippen molar-refractivity contribution < 1.29 is 9.47 Å². The molecule has 1 rings (SSSR count). The van der Waals surface area contributed by atoms with Crippen LogP contribution in [0.2, 0.25) is 0 Å². The number of hydrogen-bond donors (Lipinski definition) is 0. The summed E-state index contributed by atoms with van der Waals surface area (Å²) in [6, 6.07) is 6.22. The number of ether oxygens (including phenoxy) is 2. The molecule has 3 nitrogen and oxygen atoms in total. The van der Waals surface area contributed by atoms with Gasteiger partial charge >= 0.3 is 0 Å². The van der Waals surface area contributed by atoms with Crippen LogP contribution in [0.3, 0.4) is 0 Å². The van der Waals surface area contributed by atoms with Crippen molar-refractivity contribution in [3.05, 3.63) is 18.2 Å². The van der Waals surface area contributed by atoms with Crippen LogP contribution in [0.1, 0.15) is 59.3 Å². The van der Waals surface area contributed by atoms with Gasteiger partial charge in [0.25, 0.3) is 0 Å². The van der Waals surface area contributed by atoms with Gasteiger partial charge in [-0.1, -0.05) is 39.0 Å². The molecule has 0 aliphatic rings. The molecule has 0 atom stereocenters. The first-order valence-electron chi connectivity index (χ1n) is 8.82. The second-order valence-electron chi connectivity index (χ2n) is 5.62. The van der Waals surface area contributed by atoms with Gasteiger partial charge in [0, 0.05) is 24.8 Å². The van der Waals surface area contributed by atoms with E-state index in [0.717, 1.165) is 37.6 Å². The normalized spacial score (nSPS) is 10.5. The van der Waals surface area contributed by atoms with Crippen LogP contribution < -0.4 is 14.4 Å². The van der Waals surface area contributed by atoms with E-state index in [1.807, 2.05) is 6.07 Å². The number of anilines is 1. The van der Waals surface area contributed by atoms with Crippen molar-refractivity contribution >= 4 is 5.69 Å². The van der Waals surface area contributed by atoms with Crippen LogP contribution in [-0.4, -0.2) is 26.8 Å². The van der Waals surface area contributed by atoms with Crippen LogP contribution in [0, 0.1) is 0 Å². The molecule has 0 N–H and O–H groups in total. The van der Waals surface area contributed by atoms with E-state index in [9.17, 15) is 0 Å². The summed E-state index contributed by atoms with van der Waals surface area (Å²) in [5.74, 6) is 1.68. The highest BCUT2D eigenvalue weighted by Gasteiger charge is 2.09. The van der Waals surface area contributed by atoms with Crippen LogP contribution in [0.15, 0.2) is 18.2 Å². The molecule has 0 unspecified atom stereocenters. The largest absolute Gasteiger partial charge is 0.493 e. The Balaban J connectivity index is 2.46. The van der Waals surface area contributed by atoms with E-state index < -0.39 is 0 Å². The first kappa shape index (κ1) is 18.7. The molecule has 1 aromatic rings. The molecule has 1 aromatic carbocycles. The van der Waals surface area contributed by atoms with Gasteiger partial charge in [-0.15, -0.1) is 0 Å². The lowest BCUT2D eigenvalue weighted by Gasteiger charge is -2.22. The fourth-order valence-electron chi connectivity index (χ4n) is 2.63. The zero-order valence-electron chi connectivity index (χ0n) is 14.9. The minimum atomic E-state index is 0.771. The predicted molar refractivity (Wildman–Crippen MR) is 95.4 cm³/mol. The standard InChI is InChI=1S/C19H33NO2/c1-5-8-9-10-11-12-15-22-18-14-13-17(16-19(18)21-4)20(6-2)7-3/h13-14,16H,5-12,15H2,1-4H3. The van der Waals surface area contributed by atoms with E-state index in [0.29, 0.717) is 0 Å². The monoisotopic (exact) mass is 307 g/mol. The van der Waals surface area contributed by atoms with Gasteiger partial charge in [-0.05, 0) is 32.4 Å². The smallest absolute Gasteiger partial charge is 0.162 e. The van der Waals surface area contributed by atoms with Crippen molar-refractivity contribution in [2.75, 3.05) is 31.7 Å². The summed E-state index contributed by atoms with van der Waals surface area (Å²) in [4.78, 5) is 2.31. The average molecular weight is 307 g/mol. The molecule has 0 amide bonds. The lowest BCUT2D eigenvalue weighted by molar-refractivity contribution is 0.284. The summed E-state index contributed by atoms with van der Waals surface area (Å²) < 4.78 is 11.4. The molecular weight excluding hydrogens is 274 g/mol. The quantitative estimate of drug-likeness (QED) is 0.490. The topological polar surface area (TPSA) is 21.7 Å². The highest BCUT2D eigenvalue weighted by molar-refractivity contribution is 5.56. The van der Waals surface area contributed by atoms with E-state index >= 15 is 0 Å². The minimum absolute atomic E-state index is 0.771. The van der Waals surface area contributed by atoms with Crippen LogP contribution in [0.5, 0.6) is 11.5 Å². The van der Waals surface area contributed by atoms with Crippen molar-refractivity contribution in [1.82, 2.24) is 0 Å². The van der Waals surface area contributed by atoms with E-state index in [1.54, 1.807) is 7.11 Å². The number of methoxy groups -OCH3 is 1. The summed E-state index contributed by atoms with van der Waals surface area (Å²) in [5, 5.41) is 0. The fraction of sp³-hybridized carbons (Fsp3) is 0.684. The molecular formula is C19H33NO2. The van der Waals surface area contributed by atoms with Crippen LogP contribution >= 0.6 is 0 Å². The van der Waals surface area contributed by atoms with E-state index in [4.69, 9.17) is 9.47 Å². The number of rotatable bonds is 12. The van der Waals surface area contributed by atoms with Gasteiger partial charge in [0.2, 0.25) is 0 Å². The minimum Gasteiger partial charge on any atom is -0.493 e. The van der Waals surface area contributed by atoms with E-state index in [-0.39, 0.29) is 0 Å². The summed E-state index contributed by atoms with van der Waals surface area (Å²) >= 11 is 0. The van der Waals surface area contributed by atoms with Crippen molar-refractivity contribution in [2.45, 2.75) is 59.3 Å². The van der Waals surface area contributed by atoms with Crippen molar-refractivity contribution in [1.29, 1.82) is 0 Å². The third-order valence-corrected chi connectivity index (χ3v) is 4.03. The molecule has 0 spiro atoms. The lowest BCUT2D eigenvalue weighted by atomic mass is 10.1. The summed E-state index contributed by atoms with van der Waals surface area (Å²) in [7, 11) is 1.71. The second kappa shape index (κ2) is 11.2. The second-order valence-corrected chi connectivity index (χ2v) is 5.62. The lowest BCUT2D eigenvalue weighted by Crippen LogP contribution is -2.21. The van der Waals surface area contributed by atoms with E-state index in [1.165, 1.54) is 37.8 Å². The molecule has 22 heavy (non-hydrogen) atoms.